The van der Waals surface area contributed by atoms with Crippen LogP contribution in [-0.2, 0) is 24.8 Å². The molecule has 1 heterocycles. The summed E-state index contributed by atoms with van der Waals surface area (Å²) in [7, 11) is 1.80. The Bertz CT molecular complexity index is 784. The van der Waals surface area contributed by atoms with Crippen molar-refractivity contribution in [2.24, 2.45) is 7.05 Å². The molecule has 2 aromatic rings. The van der Waals surface area contributed by atoms with Crippen LogP contribution in [0.3, 0.4) is 0 Å². The molecule has 0 amide bonds. The minimum absolute atomic E-state index is 0.0188. The van der Waals surface area contributed by atoms with E-state index in [-0.39, 0.29) is 11.6 Å². The van der Waals surface area contributed by atoms with E-state index in [0.717, 1.165) is 24.0 Å². The summed E-state index contributed by atoms with van der Waals surface area (Å²) < 4.78 is 7.77. The molecule has 0 atom stereocenters. The number of aromatic nitrogens is 1. The highest BCUT2D eigenvalue weighted by atomic mass is 16.5. The van der Waals surface area contributed by atoms with Crippen LogP contribution in [0, 0.1) is 0 Å². The van der Waals surface area contributed by atoms with E-state index < -0.39 is 0 Å². The molecule has 4 nitrogen and oxygen atoms in total. The highest BCUT2D eigenvalue weighted by Crippen LogP contribution is 2.22. The number of rotatable bonds is 7. The molecule has 138 valence electrons. The lowest BCUT2D eigenvalue weighted by molar-refractivity contribution is 0.0168. The van der Waals surface area contributed by atoms with Crippen LogP contribution in [0.2, 0.25) is 0 Å². The van der Waals surface area contributed by atoms with Crippen molar-refractivity contribution in [2.75, 3.05) is 0 Å². The molecule has 0 bridgehead atoms. The van der Waals surface area contributed by atoms with E-state index in [1.54, 1.807) is 23.9 Å². The lowest BCUT2D eigenvalue weighted by Gasteiger charge is -2.22. The first-order valence-electron chi connectivity index (χ1n) is 9.43. The number of benzene rings is 1. The Morgan fingerprint density at radius 2 is 1.85 bits per heavy atom. The quantitative estimate of drug-likeness (QED) is 0.689. The summed E-state index contributed by atoms with van der Waals surface area (Å²) in [6, 6.07) is 9.73. The van der Waals surface area contributed by atoms with E-state index in [9.17, 15) is 9.59 Å². The first kappa shape index (κ1) is 18.6. The zero-order valence-electron chi connectivity index (χ0n) is 15.7. The summed E-state index contributed by atoms with van der Waals surface area (Å²) in [4.78, 5) is 24.1. The first-order chi connectivity index (χ1) is 12.5. The number of ketones is 2. The second kappa shape index (κ2) is 8.45. The SMILES string of the molecule is CC(=O)c1cc(C(=O)Cc2cccc(COC3CCCCC3)c2)n(C)c1. The van der Waals surface area contributed by atoms with Crippen LogP contribution in [0.5, 0.6) is 0 Å². The van der Waals surface area contributed by atoms with Crippen molar-refractivity contribution >= 4 is 11.6 Å². The topological polar surface area (TPSA) is 48.3 Å². The number of nitrogens with zero attached hydrogens (tertiary/aromatic N) is 1. The van der Waals surface area contributed by atoms with Gasteiger partial charge in [0.2, 0.25) is 0 Å². The van der Waals surface area contributed by atoms with E-state index >= 15 is 0 Å². The third kappa shape index (κ3) is 4.70. The molecular formula is C22H27NO3. The molecule has 1 aliphatic rings. The van der Waals surface area contributed by atoms with E-state index in [4.69, 9.17) is 4.74 Å². The summed E-state index contributed by atoms with van der Waals surface area (Å²) in [5.74, 6) is -0.00754. The average molecular weight is 353 g/mol. The van der Waals surface area contributed by atoms with Crippen molar-refractivity contribution < 1.29 is 14.3 Å². The molecule has 4 heteroatoms. The number of hydrogen-bond donors (Lipinski definition) is 0. The third-order valence-corrected chi connectivity index (χ3v) is 5.09. The van der Waals surface area contributed by atoms with Gasteiger partial charge < -0.3 is 9.30 Å². The first-order valence-corrected chi connectivity index (χ1v) is 9.43. The number of aryl methyl sites for hydroxylation is 1. The lowest BCUT2D eigenvalue weighted by Crippen LogP contribution is -2.16. The predicted octanol–water partition coefficient (Wildman–Crippen LogP) is 4.50. The lowest BCUT2D eigenvalue weighted by atomic mass is 9.98. The van der Waals surface area contributed by atoms with Crippen LogP contribution < -0.4 is 0 Å². The summed E-state index contributed by atoms with van der Waals surface area (Å²) >= 11 is 0. The maximum absolute atomic E-state index is 12.6. The van der Waals surface area contributed by atoms with E-state index in [2.05, 4.69) is 6.07 Å². The number of Topliss-reactive ketones (excluding diaryl/α,β-unsaturated/α-hetero) is 2. The molecule has 1 aromatic carbocycles. The fraction of sp³-hybridized carbons (Fsp3) is 0.455. The Hall–Kier alpha value is -2.20. The number of ether oxygens (including phenoxy) is 1. The Morgan fingerprint density at radius 3 is 2.54 bits per heavy atom. The minimum atomic E-state index is -0.0264. The van der Waals surface area contributed by atoms with Crippen molar-refractivity contribution in [1.82, 2.24) is 4.57 Å². The molecule has 3 rings (SSSR count). The molecule has 0 N–H and O–H groups in total. The molecule has 0 unspecified atom stereocenters. The van der Waals surface area contributed by atoms with Crippen molar-refractivity contribution in [3.05, 3.63) is 58.9 Å². The fourth-order valence-electron chi connectivity index (χ4n) is 3.59. The highest BCUT2D eigenvalue weighted by Gasteiger charge is 2.16. The molecule has 0 aliphatic heterocycles. The monoisotopic (exact) mass is 353 g/mol. The summed E-state index contributed by atoms with van der Waals surface area (Å²) in [5.41, 5.74) is 3.23. The number of carbonyl (C=O) groups is 2. The zero-order valence-corrected chi connectivity index (χ0v) is 15.7. The Kier molecular flexibility index (Phi) is 6.04. The predicted molar refractivity (Wildman–Crippen MR) is 102 cm³/mol. The molecule has 0 radical (unpaired) electrons. The zero-order chi connectivity index (χ0) is 18.5. The van der Waals surface area contributed by atoms with Crippen LogP contribution >= 0.6 is 0 Å². The van der Waals surface area contributed by atoms with Gasteiger partial charge in [-0.3, -0.25) is 9.59 Å². The van der Waals surface area contributed by atoms with Gasteiger partial charge in [0, 0.05) is 25.2 Å². The van der Waals surface area contributed by atoms with Gasteiger partial charge in [0.15, 0.2) is 11.6 Å². The molecule has 26 heavy (non-hydrogen) atoms. The van der Waals surface area contributed by atoms with Gasteiger partial charge in [-0.25, -0.2) is 0 Å². The maximum Gasteiger partial charge on any atom is 0.183 e. The molecule has 1 aliphatic carbocycles. The van der Waals surface area contributed by atoms with Gasteiger partial charge in [-0.05, 0) is 37.0 Å². The number of hydrogen-bond acceptors (Lipinski definition) is 3. The molecular weight excluding hydrogens is 326 g/mol. The van der Waals surface area contributed by atoms with Crippen LogP contribution in [0.4, 0.5) is 0 Å². The highest BCUT2D eigenvalue weighted by molar-refractivity contribution is 6.00. The van der Waals surface area contributed by atoms with Gasteiger partial charge in [-0.15, -0.1) is 0 Å². The van der Waals surface area contributed by atoms with Crippen molar-refractivity contribution in [2.45, 2.75) is 58.2 Å². The van der Waals surface area contributed by atoms with Crippen LogP contribution in [0.15, 0.2) is 36.5 Å². The maximum atomic E-state index is 12.6. The van der Waals surface area contributed by atoms with Gasteiger partial charge in [0.05, 0.1) is 18.4 Å². The van der Waals surface area contributed by atoms with E-state index in [0.29, 0.717) is 30.4 Å². The van der Waals surface area contributed by atoms with E-state index in [1.807, 2.05) is 18.2 Å². The molecule has 1 saturated carbocycles. The smallest absolute Gasteiger partial charge is 0.183 e. The van der Waals surface area contributed by atoms with Crippen LogP contribution in [-0.4, -0.2) is 22.2 Å². The standard InChI is InChI=1S/C22H27NO3/c1-16(24)19-13-21(23(2)14-19)22(25)12-17-7-6-8-18(11-17)15-26-20-9-4-3-5-10-20/h6-8,11,13-14,20H,3-5,9-10,12,15H2,1-2H3. The summed E-state index contributed by atoms with van der Waals surface area (Å²) in [6.07, 6.45) is 8.57. The van der Waals surface area contributed by atoms with E-state index in [1.165, 1.54) is 26.2 Å². The Balaban J connectivity index is 1.62. The third-order valence-electron chi connectivity index (χ3n) is 5.09. The van der Waals surface area contributed by atoms with Gasteiger partial charge >= 0.3 is 0 Å². The summed E-state index contributed by atoms with van der Waals surface area (Å²) in [5, 5.41) is 0. The molecule has 0 spiro atoms. The second-order valence-corrected chi connectivity index (χ2v) is 7.27. The molecule has 1 aromatic heterocycles. The van der Waals surface area contributed by atoms with Crippen LogP contribution in [0.25, 0.3) is 0 Å². The Morgan fingerprint density at radius 1 is 1.12 bits per heavy atom. The van der Waals surface area contributed by atoms with Crippen LogP contribution in [0.1, 0.15) is 71.0 Å². The van der Waals surface area contributed by atoms with Gasteiger partial charge in [0.1, 0.15) is 0 Å². The number of carbonyl (C=O) groups excluding carboxylic acids is 2. The largest absolute Gasteiger partial charge is 0.374 e. The van der Waals surface area contributed by atoms with Crippen molar-refractivity contribution in [3.8, 4) is 0 Å². The average Bonchev–Trinajstić information content (AvgIpc) is 3.03. The summed E-state index contributed by atoms with van der Waals surface area (Å²) in [6.45, 7) is 2.12. The van der Waals surface area contributed by atoms with Gasteiger partial charge in [0.25, 0.3) is 0 Å². The fourth-order valence-corrected chi connectivity index (χ4v) is 3.59. The molecule has 1 fully saturated rings. The Labute approximate surface area is 155 Å². The van der Waals surface area contributed by atoms with Crippen molar-refractivity contribution in [1.29, 1.82) is 0 Å². The second-order valence-electron chi connectivity index (χ2n) is 7.27. The van der Waals surface area contributed by atoms with Crippen molar-refractivity contribution in [3.63, 3.8) is 0 Å². The van der Waals surface area contributed by atoms with Gasteiger partial charge in [-0.1, -0.05) is 43.5 Å². The van der Waals surface area contributed by atoms with Gasteiger partial charge in [-0.2, -0.15) is 0 Å². The normalized spacial score (nSPS) is 15.2. The molecule has 0 saturated heterocycles. The minimum Gasteiger partial charge on any atom is -0.374 e.